The molecule has 0 amide bonds. The SMILES string of the molecule is COc1cnc(C(O)c2ccc(C#N)cc2)c(OC)n1. The third kappa shape index (κ3) is 2.68. The maximum Gasteiger partial charge on any atom is 0.241 e. The summed E-state index contributed by atoms with van der Waals surface area (Å²) in [5.74, 6) is 0.499. The summed E-state index contributed by atoms with van der Waals surface area (Å²) < 4.78 is 10.1. The Bertz CT molecular complexity index is 635. The maximum absolute atomic E-state index is 10.3. The zero-order valence-corrected chi connectivity index (χ0v) is 11.1. The van der Waals surface area contributed by atoms with E-state index in [1.165, 1.54) is 20.4 Å². The smallest absolute Gasteiger partial charge is 0.241 e. The van der Waals surface area contributed by atoms with Crippen molar-refractivity contribution in [2.75, 3.05) is 14.2 Å². The molecule has 1 heterocycles. The van der Waals surface area contributed by atoms with Gasteiger partial charge >= 0.3 is 0 Å². The standard InChI is InChI=1S/C14H13N3O3/c1-19-11-8-16-12(14(17-11)20-2)13(18)10-5-3-9(7-15)4-6-10/h3-6,8,13,18H,1-2H3. The highest BCUT2D eigenvalue weighted by Crippen LogP contribution is 2.28. The van der Waals surface area contributed by atoms with Crippen molar-refractivity contribution in [2.24, 2.45) is 0 Å². The van der Waals surface area contributed by atoms with Gasteiger partial charge in [0, 0.05) is 0 Å². The number of nitrogens with zero attached hydrogens (tertiary/aromatic N) is 3. The molecular formula is C14H13N3O3. The Hall–Kier alpha value is -2.65. The molecule has 6 heteroatoms. The number of nitriles is 1. The third-order valence-electron chi connectivity index (χ3n) is 2.76. The van der Waals surface area contributed by atoms with Gasteiger partial charge in [0.05, 0.1) is 32.0 Å². The number of rotatable bonds is 4. The zero-order chi connectivity index (χ0) is 14.5. The summed E-state index contributed by atoms with van der Waals surface area (Å²) in [7, 11) is 2.92. The first-order chi connectivity index (χ1) is 9.69. The van der Waals surface area contributed by atoms with Crippen LogP contribution in [0, 0.1) is 11.3 Å². The highest BCUT2D eigenvalue weighted by molar-refractivity contribution is 5.37. The van der Waals surface area contributed by atoms with Crippen LogP contribution >= 0.6 is 0 Å². The maximum atomic E-state index is 10.3. The Labute approximate surface area is 116 Å². The number of aliphatic hydroxyl groups is 1. The van der Waals surface area contributed by atoms with Crippen molar-refractivity contribution in [1.29, 1.82) is 5.26 Å². The normalized spacial score (nSPS) is 11.5. The second kappa shape index (κ2) is 5.99. The summed E-state index contributed by atoms with van der Waals surface area (Å²) in [6, 6.07) is 8.60. The van der Waals surface area contributed by atoms with Gasteiger partial charge in [0.1, 0.15) is 11.8 Å². The molecule has 0 aliphatic heterocycles. The summed E-state index contributed by atoms with van der Waals surface area (Å²) in [5, 5.41) is 19.1. The van der Waals surface area contributed by atoms with E-state index in [1.807, 2.05) is 6.07 Å². The molecule has 1 unspecified atom stereocenters. The Kier molecular flexibility index (Phi) is 4.13. The second-order valence-corrected chi connectivity index (χ2v) is 3.94. The molecule has 102 valence electrons. The van der Waals surface area contributed by atoms with E-state index >= 15 is 0 Å². The molecule has 2 rings (SSSR count). The predicted octanol–water partition coefficient (Wildman–Crippen LogP) is 1.45. The van der Waals surface area contributed by atoms with Crippen molar-refractivity contribution in [2.45, 2.75) is 6.10 Å². The Morgan fingerprint density at radius 2 is 1.90 bits per heavy atom. The van der Waals surface area contributed by atoms with Gasteiger partial charge in [-0.1, -0.05) is 12.1 Å². The van der Waals surface area contributed by atoms with E-state index in [1.54, 1.807) is 24.3 Å². The van der Waals surface area contributed by atoms with Crippen LogP contribution in [0.1, 0.15) is 22.9 Å². The highest BCUT2D eigenvalue weighted by Gasteiger charge is 2.19. The fraction of sp³-hybridized carbons (Fsp3) is 0.214. The van der Waals surface area contributed by atoms with Gasteiger partial charge in [-0.15, -0.1) is 0 Å². The van der Waals surface area contributed by atoms with Gasteiger partial charge in [0.25, 0.3) is 0 Å². The fourth-order valence-electron chi connectivity index (χ4n) is 1.70. The van der Waals surface area contributed by atoms with Crippen molar-refractivity contribution in [1.82, 2.24) is 9.97 Å². The number of methoxy groups -OCH3 is 2. The summed E-state index contributed by atoms with van der Waals surface area (Å²) in [6.07, 6.45) is 0.418. The van der Waals surface area contributed by atoms with E-state index in [0.717, 1.165) is 0 Å². The van der Waals surface area contributed by atoms with Crippen LogP contribution in [0.25, 0.3) is 0 Å². The molecule has 0 saturated carbocycles. The van der Waals surface area contributed by atoms with Crippen LogP contribution in [0.15, 0.2) is 30.5 Å². The lowest BCUT2D eigenvalue weighted by Gasteiger charge is -2.13. The monoisotopic (exact) mass is 271 g/mol. The fourth-order valence-corrected chi connectivity index (χ4v) is 1.70. The lowest BCUT2D eigenvalue weighted by molar-refractivity contribution is 0.206. The van der Waals surface area contributed by atoms with E-state index in [4.69, 9.17) is 14.7 Å². The van der Waals surface area contributed by atoms with Gasteiger partial charge in [-0.05, 0) is 17.7 Å². The van der Waals surface area contributed by atoms with Crippen molar-refractivity contribution >= 4 is 0 Å². The van der Waals surface area contributed by atoms with E-state index in [0.29, 0.717) is 17.0 Å². The van der Waals surface area contributed by atoms with Gasteiger partial charge < -0.3 is 14.6 Å². The van der Waals surface area contributed by atoms with Crippen molar-refractivity contribution in [3.8, 4) is 17.8 Å². The van der Waals surface area contributed by atoms with Gasteiger partial charge in [-0.25, -0.2) is 4.98 Å². The molecule has 1 aromatic carbocycles. The van der Waals surface area contributed by atoms with Crippen LogP contribution in [-0.4, -0.2) is 29.3 Å². The molecule has 0 bridgehead atoms. The molecule has 20 heavy (non-hydrogen) atoms. The van der Waals surface area contributed by atoms with Crippen molar-refractivity contribution < 1.29 is 14.6 Å². The Balaban J connectivity index is 2.36. The zero-order valence-electron chi connectivity index (χ0n) is 11.1. The number of ether oxygens (including phenoxy) is 2. The Morgan fingerprint density at radius 3 is 2.45 bits per heavy atom. The second-order valence-electron chi connectivity index (χ2n) is 3.94. The average molecular weight is 271 g/mol. The minimum absolute atomic E-state index is 0.196. The summed E-state index contributed by atoms with van der Waals surface area (Å²) in [4.78, 5) is 8.18. The number of hydrogen-bond donors (Lipinski definition) is 1. The molecule has 0 fully saturated rings. The average Bonchev–Trinajstić information content (AvgIpc) is 2.53. The largest absolute Gasteiger partial charge is 0.480 e. The summed E-state index contributed by atoms with van der Waals surface area (Å²) in [5.41, 5.74) is 1.41. The van der Waals surface area contributed by atoms with E-state index in [-0.39, 0.29) is 11.6 Å². The van der Waals surface area contributed by atoms with Crippen LogP contribution in [0.2, 0.25) is 0 Å². The minimum atomic E-state index is -0.990. The third-order valence-corrected chi connectivity index (χ3v) is 2.76. The van der Waals surface area contributed by atoms with Crippen LogP contribution in [0.4, 0.5) is 0 Å². The molecule has 0 radical (unpaired) electrons. The van der Waals surface area contributed by atoms with E-state index < -0.39 is 6.10 Å². The molecule has 2 aromatic rings. The Morgan fingerprint density at radius 1 is 1.20 bits per heavy atom. The van der Waals surface area contributed by atoms with Crippen LogP contribution < -0.4 is 9.47 Å². The van der Waals surface area contributed by atoms with Crippen molar-refractivity contribution in [3.05, 3.63) is 47.3 Å². The first kappa shape index (κ1) is 13.8. The van der Waals surface area contributed by atoms with Gasteiger partial charge in [-0.3, -0.25) is 0 Å². The van der Waals surface area contributed by atoms with Gasteiger partial charge in [0.2, 0.25) is 11.8 Å². The van der Waals surface area contributed by atoms with Gasteiger partial charge in [0.15, 0.2) is 0 Å². The molecule has 0 aliphatic rings. The summed E-state index contributed by atoms with van der Waals surface area (Å²) >= 11 is 0. The number of aliphatic hydroxyl groups excluding tert-OH is 1. The van der Waals surface area contributed by atoms with Gasteiger partial charge in [-0.2, -0.15) is 10.2 Å². The lowest BCUT2D eigenvalue weighted by Crippen LogP contribution is -2.07. The number of benzene rings is 1. The highest BCUT2D eigenvalue weighted by atomic mass is 16.5. The first-order valence-electron chi connectivity index (χ1n) is 5.82. The minimum Gasteiger partial charge on any atom is -0.480 e. The summed E-state index contributed by atoms with van der Waals surface area (Å²) in [6.45, 7) is 0. The molecule has 1 aromatic heterocycles. The molecule has 0 saturated heterocycles. The quantitative estimate of drug-likeness (QED) is 0.905. The van der Waals surface area contributed by atoms with E-state index in [2.05, 4.69) is 9.97 Å². The topological polar surface area (TPSA) is 88.3 Å². The van der Waals surface area contributed by atoms with E-state index in [9.17, 15) is 5.11 Å². The molecule has 1 atom stereocenters. The number of hydrogen-bond acceptors (Lipinski definition) is 6. The molecular weight excluding hydrogens is 258 g/mol. The molecule has 0 aliphatic carbocycles. The van der Waals surface area contributed by atoms with Crippen LogP contribution in [-0.2, 0) is 0 Å². The first-order valence-corrected chi connectivity index (χ1v) is 5.82. The lowest BCUT2D eigenvalue weighted by atomic mass is 10.0. The van der Waals surface area contributed by atoms with Crippen LogP contribution in [0.5, 0.6) is 11.8 Å². The number of aromatic nitrogens is 2. The molecule has 1 N–H and O–H groups in total. The predicted molar refractivity (Wildman–Crippen MR) is 70.4 cm³/mol. The van der Waals surface area contributed by atoms with Crippen LogP contribution in [0.3, 0.4) is 0 Å². The molecule has 6 nitrogen and oxygen atoms in total. The van der Waals surface area contributed by atoms with Crippen molar-refractivity contribution in [3.63, 3.8) is 0 Å². The molecule has 0 spiro atoms.